The number of benzene rings is 3. The number of aromatic nitrogens is 2. The van der Waals surface area contributed by atoms with Crippen LogP contribution in [0.15, 0.2) is 66.7 Å². The molecule has 0 saturated carbocycles. The van der Waals surface area contributed by atoms with Crippen LogP contribution >= 0.6 is 0 Å². The summed E-state index contributed by atoms with van der Waals surface area (Å²) in [6.45, 7) is 2.28. The lowest BCUT2D eigenvalue weighted by molar-refractivity contribution is -0.114. The highest BCUT2D eigenvalue weighted by molar-refractivity contribution is 5.99. The monoisotopic (exact) mass is 428 g/mol. The van der Waals surface area contributed by atoms with E-state index in [1.54, 1.807) is 7.11 Å². The minimum absolute atomic E-state index is 0.0938. The third-order valence-electron chi connectivity index (χ3n) is 5.06. The SMILES string of the molecule is COCc1cc(CNC(=O)c2ccc3cc(-c4ccc(NC(C)=O)cc4)ccc3c2)[nH]n1. The smallest absolute Gasteiger partial charge is 0.251 e. The van der Waals surface area contributed by atoms with Crippen LogP contribution < -0.4 is 10.6 Å². The van der Waals surface area contributed by atoms with Gasteiger partial charge in [0.05, 0.1) is 24.5 Å². The first-order chi connectivity index (χ1) is 15.5. The van der Waals surface area contributed by atoms with Crippen molar-refractivity contribution in [1.82, 2.24) is 15.5 Å². The molecule has 0 aliphatic rings. The van der Waals surface area contributed by atoms with Gasteiger partial charge in [0.15, 0.2) is 0 Å². The average molecular weight is 428 g/mol. The van der Waals surface area contributed by atoms with E-state index in [1.165, 1.54) is 6.92 Å². The number of hydrogen-bond acceptors (Lipinski definition) is 4. The number of hydrogen-bond donors (Lipinski definition) is 3. The Morgan fingerprint density at radius 2 is 1.66 bits per heavy atom. The summed E-state index contributed by atoms with van der Waals surface area (Å²) in [5.74, 6) is -0.240. The van der Waals surface area contributed by atoms with Crippen molar-refractivity contribution in [3.8, 4) is 11.1 Å². The number of amides is 2. The molecule has 0 fully saturated rings. The number of H-pyrrole nitrogens is 1. The first kappa shape index (κ1) is 21.3. The van der Waals surface area contributed by atoms with Crippen molar-refractivity contribution >= 4 is 28.3 Å². The van der Waals surface area contributed by atoms with Gasteiger partial charge in [0.2, 0.25) is 5.91 Å². The molecule has 4 rings (SSSR count). The summed E-state index contributed by atoms with van der Waals surface area (Å²) in [5, 5.41) is 14.7. The zero-order valence-electron chi connectivity index (χ0n) is 17.9. The lowest BCUT2D eigenvalue weighted by Gasteiger charge is -2.08. The van der Waals surface area contributed by atoms with Crippen LogP contribution in [0.2, 0.25) is 0 Å². The molecule has 7 nitrogen and oxygen atoms in total. The van der Waals surface area contributed by atoms with Gasteiger partial charge in [-0.15, -0.1) is 0 Å². The minimum atomic E-state index is -0.146. The molecule has 162 valence electrons. The maximum atomic E-state index is 12.6. The molecule has 0 aliphatic heterocycles. The molecule has 0 spiro atoms. The molecule has 0 aliphatic carbocycles. The van der Waals surface area contributed by atoms with Crippen molar-refractivity contribution in [2.75, 3.05) is 12.4 Å². The van der Waals surface area contributed by atoms with Gasteiger partial charge in [-0.25, -0.2) is 0 Å². The molecule has 32 heavy (non-hydrogen) atoms. The number of anilines is 1. The molecule has 4 aromatic rings. The number of ether oxygens (including phenoxy) is 1. The number of carbonyl (C=O) groups excluding carboxylic acids is 2. The Balaban J connectivity index is 1.46. The van der Waals surface area contributed by atoms with E-state index in [1.807, 2.05) is 60.7 Å². The largest absolute Gasteiger partial charge is 0.378 e. The summed E-state index contributed by atoms with van der Waals surface area (Å²) in [5.41, 5.74) is 5.10. The number of aromatic amines is 1. The van der Waals surface area contributed by atoms with Crippen LogP contribution in [0, 0.1) is 0 Å². The Labute approximate surface area is 185 Å². The molecule has 3 aromatic carbocycles. The zero-order valence-corrected chi connectivity index (χ0v) is 17.9. The summed E-state index contributed by atoms with van der Waals surface area (Å²) < 4.78 is 5.05. The average Bonchev–Trinajstić information content (AvgIpc) is 3.24. The molecular formula is C25H24N4O3. The highest BCUT2D eigenvalue weighted by Crippen LogP contribution is 2.26. The number of nitrogens with one attached hydrogen (secondary N) is 3. The summed E-state index contributed by atoms with van der Waals surface area (Å²) >= 11 is 0. The normalized spacial score (nSPS) is 10.8. The molecule has 0 unspecified atom stereocenters. The number of rotatable bonds is 7. The predicted molar refractivity (Wildman–Crippen MR) is 124 cm³/mol. The quantitative estimate of drug-likeness (QED) is 0.410. The molecule has 2 amide bonds. The van der Waals surface area contributed by atoms with Gasteiger partial charge in [-0.1, -0.05) is 30.3 Å². The summed E-state index contributed by atoms with van der Waals surface area (Å²) in [7, 11) is 1.61. The van der Waals surface area contributed by atoms with Crippen molar-refractivity contribution < 1.29 is 14.3 Å². The lowest BCUT2D eigenvalue weighted by atomic mass is 9.99. The first-order valence-electron chi connectivity index (χ1n) is 10.2. The molecule has 0 bridgehead atoms. The fraction of sp³-hybridized carbons (Fsp3) is 0.160. The van der Waals surface area contributed by atoms with E-state index in [4.69, 9.17) is 4.74 Å². The van der Waals surface area contributed by atoms with E-state index in [2.05, 4.69) is 26.9 Å². The molecule has 0 atom stereocenters. The second kappa shape index (κ2) is 9.45. The third kappa shape index (κ3) is 5.01. The fourth-order valence-corrected chi connectivity index (χ4v) is 3.52. The van der Waals surface area contributed by atoms with Crippen LogP contribution in [-0.4, -0.2) is 29.1 Å². The van der Waals surface area contributed by atoms with Crippen LogP contribution in [0.25, 0.3) is 21.9 Å². The van der Waals surface area contributed by atoms with Crippen LogP contribution in [0.4, 0.5) is 5.69 Å². The van der Waals surface area contributed by atoms with Gasteiger partial charge in [-0.05, 0) is 58.3 Å². The molecule has 1 heterocycles. The van der Waals surface area contributed by atoms with Crippen LogP contribution in [-0.2, 0) is 22.7 Å². The van der Waals surface area contributed by atoms with Gasteiger partial charge in [0.25, 0.3) is 5.91 Å². The standard InChI is InChI=1S/C25H24N4O3/c1-16(30)27-22-9-7-17(8-10-22)18-3-4-20-12-21(6-5-19(20)11-18)25(31)26-14-23-13-24(15-32-2)29-28-23/h3-13H,14-15H2,1-2H3,(H,26,31)(H,27,30)(H,28,29). The number of carbonyl (C=O) groups is 2. The second-order valence-electron chi connectivity index (χ2n) is 7.54. The van der Waals surface area contributed by atoms with Gasteiger partial charge in [-0.2, -0.15) is 5.10 Å². The predicted octanol–water partition coefficient (Wildman–Crippen LogP) is 4.26. The van der Waals surface area contributed by atoms with Gasteiger partial charge in [-0.3, -0.25) is 14.7 Å². The highest BCUT2D eigenvalue weighted by atomic mass is 16.5. The molecule has 7 heteroatoms. The fourth-order valence-electron chi connectivity index (χ4n) is 3.52. The van der Waals surface area contributed by atoms with Crippen LogP contribution in [0.1, 0.15) is 28.7 Å². The van der Waals surface area contributed by atoms with Crippen molar-refractivity contribution in [3.63, 3.8) is 0 Å². The Morgan fingerprint density at radius 3 is 2.41 bits per heavy atom. The van der Waals surface area contributed by atoms with E-state index in [0.29, 0.717) is 18.7 Å². The van der Waals surface area contributed by atoms with Crippen molar-refractivity contribution in [2.24, 2.45) is 0 Å². The van der Waals surface area contributed by atoms with Crippen LogP contribution in [0.3, 0.4) is 0 Å². The van der Waals surface area contributed by atoms with Crippen LogP contribution in [0.5, 0.6) is 0 Å². The molecule has 1 aromatic heterocycles. The molecule has 0 saturated heterocycles. The third-order valence-corrected chi connectivity index (χ3v) is 5.06. The van der Waals surface area contributed by atoms with E-state index < -0.39 is 0 Å². The number of nitrogens with zero attached hydrogens (tertiary/aromatic N) is 1. The molecular weight excluding hydrogens is 404 g/mol. The van der Waals surface area contributed by atoms with E-state index >= 15 is 0 Å². The van der Waals surface area contributed by atoms with Gasteiger partial charge in [0.1, 0.15) is 0 Å². The summed E-state index contributed by atoms with van der Waals surface area (Å²) in [6.07, 6.45) is 0. The Bertz CT molecular complexity index is 1260. The van der Waals surface area contributed by atoms with Crippen molar-refractivity contribution in [1.29, 1.82) is 0 Å². The minimum Gasteiger partial charge on any atom is -0.378 e. The molecule has 0 radical (unpaired) electrons. The highest BCUT2D eigenvalue weighted by Gasteiger charge is 2.09. The summed E-state index contributed by atoms with van der Waals surface area (Å²) in [6, 6.07) is 21.4. The first-order valence-corrected chi connectivity index (χ1v) is 10.2. The zero-order chi connectivity index (χ0) is 22.5. The van der Waals surface area contributed by atoms with Gasteiger partial charge >= 0.3 is 0 Å². The van der Waals surface area contributed by atoms with E-state index in [0.717, 1.165) is 39.0 Å². The number of methoxy groups -OCH3 is 1. The maximum absolute atomic E-state index is 12.6. The van der Waals surface area contributed by atoms with Gasteiger partial charge < -0.3 is 15.4 Å². The van der Waals surface area contributed by atoms with Gasteiger partial charge in [0, 0.05) is 25.3 Å². The maximum Gasteiger partial charge on any atom is 0.251 e. The second-order valence-corrected chi connectivity index (χ2v) is 7.54. The van der Waals surface area contributed by atoms with E-state index in [9.17, 15) is 9.59 Å². The Kier molecular flexibility index (Phi) is 6.28. The Morgan fingerprint density at radius 1 is 0.938 bits per heavy atom. The van der Waals surface area contributed by atoms with E-state index in [-0.39, 0.29) is 11.8 Å². The Hall–Kier alpha value is -3.97. The lowest BCUT2D eigenvalue weighted by Crippen LogP contribution is -2.22. The summed E-state index contributed by atoms with van der Waals surface area (Å²) in [4.78, 5) is 23.8. The van der Waals surface area contributed by atoms with Crippen molar-refractivity contribution in [3.05, 3.63) is 83.7 Å². The molecule has 3 N–H and O–H groups in total. The van der Waals surface area contributed by atoms with Crippen molar-refractivity contribution in [2.45, 2.75) is 20.1 Å². The topological polar surface area (TPSA) is 96.1 Å². The number of fused-ring (bicyclic) bond motifs is 1.